The molecule has 3 nitrogen and oxygen atoms in total. The van der Waals surface area contributed by atoms with Crippen molar-refractivity contribution < 1.29 is 12.6 Å². The molecule has 0 radical (unpaired) electrons. The van der Waals surface area contributed by atoms with E-state index in [1.807, 2.05) is 30.3 Å². The molecule has 0 amide bonds. The Morgan fingerprint density at radius 3 is 2.50 bits per heavy atom. The van der Waals surface area contributed by atoms with Crippen LogP contribution in [0.15, 0.2) is 35.2 Å². The SMILES string of the molecule is COS(=O)(=O)CCSc1ccccc1. The molecule has 0 N–H and O–H groups in total. The Balaban J connectivity index is 2.37. The minimum Gasteiger partial charge on any atom is -0.273 e. The summed E-state index contributed by atoms with van der Waals surface area (Å²) in [5, 5.41) is 0. The van der Waals surface area contributed by atoms with Crippen LogP contribution in [0.25, 0.3) is 0 Å². The molecule has 78 valence electrons. The molecular weight excluding hydrogens is 220 g/mol. The number of hydrogen-bond acceptors (Lipinski definition) is 4. The standard InChI is InChI=1S/C9H12O3S2/c1-12-14(10,11)8-7-13-9-5-3-2-4-6-9/h2-6H,7-8H2,1H3. The van der Waals surface area contributed by atoms with Gasteiger partial charge in [0.1, 0.15) is 0 Å². The van der Waals surface area contributed by atoms with Crippen molar-refractivity contribution in [3.8, 4) is 0 Å². The van der Waals surface area contributed by atoms with Gasteiger partial charge >= 0.3 is 0 Å². The maximum Gasteiger partial charge on any atom is 0.267 e. The van der Waals surface area contributed by atoms with Gasteiger partial charge in [-0.25, -0.2) is 0 Å². The predicted molar refractivity (Wildman–Crippen MR) is 58.0 cm³/mol. The van der Waals surface area contributed by atoms with Gasteiger partial charge in [-0.2, -0.15) is 8.42 Å². The van der Waals surface area contributed by atoms with Gasteiger partial charge in [-0.15, -0.1) is 11.8 Å². The van der Waals surface area contributed by atoms with E-state index in [0.717, 1.165) is 4.90 Å². The number of rotatable bonds is 5. The van der Waals surface area contributed by atoms with Gasteiger partial charge in [0.15, 0.2) is 0 Å². The molecule has 1 aromatic rings. The molecule has 0 aromatic heterocycles. The lowest BCUT2D eigenvalue weighted by Crippen LogP contribution is -2.09. The molecule has 0 saturated heterocycles. The van der Waals surface area contributed by atoms with Gasteiger partial charge in [-0.3, -0.25) is 4.18 Å². The van der Waals surface area contributed by atoms with Gasteiger partial charge in [0.25, 0.3) is 10.1 Å². The fourth-order valence-electron chi connectivity index (χ4n) is 0.862. The molecular formula is C9H12O3S2. The maximum atomic E-state index is 11.0. The zero-order valence-electron chi connectivity index (χ0n) is 7.84. The molecule has 5 heteroatoms. The van der Waals surface area contributed by atoms with Gasteiger partial charge in [-0.1, -0.05) is 18.2 Å². The second-order valence-corrected chi connectivity index (χ2v) is 5.62. The Hall–Kier alpha value is -0.520. The highest BCUT2D eigenvalue weighted by atomic mass is 32.2. The largest absolute Gasteiger partial charge is 0.273 e. The topological polar surface area (TPSA) is 43.4 Å². The van der Waals surface area contributed by atoms with E-state index in [4.69, 9.17) is 0 Å². The van der Waals surface area contributed by atoms with Crippen molar-refractivity contribution in [3.63, 3.8) is 0 Å². The molecule has 0 fully saturated rings. The first-order valence-electron chi connectivity index (χ1n) is 4.10. The summed E-state index contributed by atoms with van der Waals surface area (Å²) in [6, 6.07) is 9.67. The normalized spacial score (nSPS) is 11.5. The third-order valence-electron chi connectivity index (χ3n) is 1.60. The highest BCUT2D eigenvalue weighted by Crippen LogP contribution is 2.16. The van der Waals surface area contributed by atoms with Crippen LogP contribution >= 0.6 is 11.8 Å². The van der Waals surface area contributed by atoms with Crippen LogP contribution in [0.4, 0.5) is 0 Å². The monoisotopic (exact) mass is 232 g/mol. The quantitative estimate of drug-likeness (QED) is 0.573. The molecule has 0 saturated carbocycles. The van der Waals surface area contributed by atoms with E-state index >= 15 is 0 Å². The molecule has 0 bridgehead atoms. The van der Waals surface area contributed by atoms with Crippen molar-refractivity contribution in [2.45, 2.75) is 4.90 Å². The first-order chi connectivity index (χ1) is 6.64. The minimum absolute atomic E-state index is 0.0447. The second kappa shape index (κ2) is 5.38. The smallest absolute Gasteiger partial charge is 0.267 e. The van der Waals surface area contributed by atoms with Gasteiger partial charge in [0.2, 0.25) is 0 Å². The third-order valence-corrected chi connectivity index (χ3v) is 4.08. The second-order valence-electron chi connectivity index (χ2n) is 2.59. The van der Waals surface area contributed by atoms with Crippen LogP contribution in [-0.4, -0.2) is 27.0 Å². The Morgan fingerprint density at radius 1 is 1.29 bits per heavy atom. The van der Waals surface area contributed by atoms with Crippen LogP contribution in [0.1, 0.15) is 0 Å². The van der Waals surface area contributed by atoms with Gasteiger partial charge in [-0.05, 0) is 12.1 Å². The molecule has 0 atom stereocenters. The highest BCUT2D eigenvalue weighted by molar-refractivity contribution is 8.00. The van der Waals surface area contributed by atoms with E-state index < -0.39 is 10.1 Å². The number of thioether (sulfide) groups is 1. The Morgan fingerprint density at radius 2 is 1.93 bits per heavy atom. The number of hydrogen-bond donors (Lipinski definition) is 0. The maximum absolute atomic E-state index is 11.0. The van der Waals surface area contributed by atoms with E-state index in [0.29, 0.717) is 5.75 Å². The highest BCUT2D eigenvalue weighted by Gasteiger charge is 2.07. The van der Waals surface area contributed by atoms with Crippen molar-refractivity contribution in [3.05, 3.63) is 30.3 Å². The third kappa shape index (κ3) is 4.13. The minimum atomic E-state index is -3.31. The predicted octanol–water partition coefficient (Wildman–Crippen LogP) is 1.75. The van der Waals surface area contributed by atoms with E-state index in [2.05, 4.69) is 4.18 Å². The van der Waals surface area contributed by atoms with Crippen LogP contribution < -0.4 is 0 Å². The fraction of sp³-hybridized carbons (Fsp3) is 0.333. The summed E-state index contributed by atoms with van der Waals surface area (Å²) < 4.78 is 26.2. The van der Waals surface area contributed by atoms with Crippen LogP contribution in [0, 0.1) is 0 Å². The lowest BCUT2D eigenvalue weighted by Gasteiger charge is -2.01. The lowest BCUT2D eigenvalue weighted by molar-refractivity contribution is 0.399. The zero-order valence-corrected chi connectivity index (χ0v) is 9.48. The first kappa shape index (κ1) is 11.6. The van der Waals surface area contributed by atoms with E-state index in [1.165, 1.54) is 18.9 Å². The molecule has 0 aliphatic rings. The van der Waals surface area contributed by atoms with Crippen LogP contribution in [0.3, 0.4) is 0 Å². The van der Waals surface area contributed by atoms with Crippen LogP contribution in [0.2, 0.25) is 0 Å². The Bertz CT molecular complexity index is 359. The summed E-state index contributed by atoms with van der Waals surface area (Å²) in [6.07, 6.45) is 0. The van der Waals surface area contributed by atoms with Gasteiger partial charge in [0.05, 0.1) is 12.9 Å². The summed E-state index contributed by atoms with van der Waals surface area (Å²) in [4.78, 5) is 1.07. The van der Waals surface area contributed by atoms with Crippen LogP contribution in [0.5, 0.6) is 0 Å². The summed E-state index contributed by atoms with van der Waals surface area (Å²) in [5.74, 6) is 0.559. The van der Waals surface area contributed by atoms with Crippen molar-refractivity contribution in [2.24, 2.45) is 0 Å². The lowest BCUT2D eigenvalue weighted by atomic mass is 10.4. The van der Waals surface area contributed by atoms with Gasteiger partial charge < -0.3 is 0 Å². The van der Waals surface area contributed by atoms with Crippen molar-refractivity contribution in [1.29, 1.82) is 0 Å². The molecule has 0 heterocycles. The molecule has 0 aliphatic heterocycles. The fourth-order valence-corrected chi connectivity index (χ4v) is 2.76. The summed E-state index contributed by atoms with van der Waals surface area (Å²) in [7, 11) is -2.13. The van der Waals surface area contributed by atoms with Crippen molar-refractivity contribution in [1.82, 2.24) is 0 Å². The average molecular weight is 232 g/mol. The zero-order chi connectivity index (χ0) is 10.4. The molecule has 14 heavy (non-hydrogen) atoms. The molecule has 1 aromatic carbocycles. The van der Waals surface area contributed by atoms with Gasteiger partial charge in [0, 0.05) is 10.6 Å². The van der Waals surface area contributed by atoms with E-state index in [-0.39, 0.29) is 5.75 Å². The van der Waals surface area contributed by atoms with E-state index in [9.17, 15) is 8.42 Å². The van der Waals surface area contributed by atoms with Crippen molar-refractivity contribution >= 4 is 21.9 Å². The molecule has 0 spiro atoms. The van der Waals surface area contributed by atoms with Crippen molar-refractivity contribution in [2.75, 3.05) is 18.6 Å². The summed E-state index contributed by atoms with van der Waals surface area (Å²) in [6.45, 7) is 0. The van der Waals surface area contributed by atoms with Crippen LogP contribution in [-0.2, 0) is 14.3 Å². The first-order valence-corrected chi connectivity index (χ1v) is 6.66. The van der Waals surface area contributed by atoms with E-state index in [1.54, 1.807) is 0 Å². The number of benzene rings is 1. The Labute approximate surface area is 88.6 Å². The molecule has 0 aliphatic carbocycles. The summed E-state index contributed by atoms with van der Waals surface area (Å²) in [5.41, 5.74) is 0. The average Bonchev–Trinajstić information content (AvgIpc) is 2.19. The Kier molecular flexibility index (Phi) is 4.44. The molecule has 1 rings (SSSR count). The summed E-state index contributed by atoms with van der Waals surface area (Å²) >= 11 is 1.50. The molecule has 0 unspecified atom stereocenters.